The molecule has 0 radical (unpaired) electrons. The van der Waals surface area contributed by atoms with E-state index in [4.69, 9.17) is 0 Å². The average molecular weight is 393 g/mol. The lowest BCUT2D eigenvalue weighted by Crippen LogP contribution is -2.41. The number of halogens is 1. The van der Waals surface area contributed by atoms with E-state index in [0.717, 1.165) is 5.56 Å². The number of hydrogen-bond donors (Lipinski definition) is 3. The molecule has 0 aliphatic carbocycles. The van der Waals surface area contributed by atoms with Crippen LogP contribution < -0.4 is 15.4 Å². The summed E-state index contributed by atoms with van der Waals surface area (Å²) in [6.07, 6.45) is 0. The molecule has 0 aliphatic rings. The zero-order valence-electron chi connectivity index (χ0n) is 15.3. The van der Waals surface area contributed by atoms with Crippen molar-refractivity contribution in [2.45, 2.75) is 20.0 Å². The van der Waals surface area contributed by atoms with Gasteiger partial charge >= 0.3 is 0 Å². The minimum atomic E-state index is -3.42. The van der Waals surface area contributed by atoms with Crippen LogP contribution in [0, 0.1) is 5.82 Å². The molecule has 0 saturated carbocycles. The first-order chi connectivity index (χ1) is 13.0. The first-order valence-corrected chi connectivity index (χ1v) is 10.4. The van der Waals surface area contributed by atoms with E-state index in [-0.39, 0.29) is 31.2 Å². The van der Waals surface area contributed by atoms with Crippen molar-refractivity contribution in [3.8, 4) is 0 Å². The Morgan fingerprint density at radius 2 is 1.74 bits per heavy atom. The molecule has 0 spiro atoms. The Bertz CT molecular complexity index is 842. The molecule has 6 nitrogen and oxygen atoms in total. The Balaban J connectivity index is 1.84. The zero-order chi connectivity index (χ0) is 19.5. The Morgan fingerprint density at radius 1 is 1.04 bits per heavy atom. The summed E-state index contributed by atoms with van der Waals surface area (Å²) in [6, 6.07) is 15.7. The SMILES string of the molecule is CCNC(=NCc1ccccc1F)NCCS(=O)(=O)NCc1ccccc1. The summed E-state index contributed by atoms with van der Waals surface area (Å²) in [6.45, 7) is 3.12. The summed E-state index contributed by atoms with van der Waals surface area (Å²) in [5.41, 5.74) is 1.38. The largest absolute Gasteiger partial charge is 0.357 e. The van der Waals surface area contributed by atoms with Gasteiger partial charge in [-0.05, 0) is 18.6 Å². The molecule has 2 aromatic carbocycles. The summed E-state index contributed by atoms with van der Waals surface area (Å²) in [4.78, 5) is 4.30. The number of nitrogens with one attached hydrogen (secondary N) is 3. The predicted octanol–water partition coefficient (Wildman–Crippen LogP) is 2.00. The van der Waals surface area contributed by atoms with Crippen LogP contribution in [0.15, 0.2) is 59.6 Å². The maximum Gasteiger partial charge on any atom is 0.213 e. The lowest BCUT2D eigenvalue weighted by molar-refractivity contribution is 0.580. The fourth-order valence-electron chi connectivity index (χ4n) is 2.30. The lowest BCUT2D eigenvalue weighted by atomic mass is 10.2. The molecule has 2 aromatic rings. The van der Waals surface area contributed by atoms with Gasteiger partial charge in [0, 0.05) is 25.2 Å². The Morgan fingerprint density at radius 3 is 2.44 bits per heavy atom. The van der Waals surface area contributed by atoms with Crippen LogP contribution in [0.1, 0.15) is 18.1 Å². The third kappa shape index (κ3) is 7.76. The summed E-state index contributed by atoms with van der Waals surface area (Å²) in [5.74, 6) is 0.0352. The van der Waals surface area contributed by atoms with Gasteiger partial charge in [0.15, 0.2) is 5.96 Å². The molecule has 0 aromatic heterocycles. The molecule has 0 aliphatic heterocycles. The van der Waals surface area contributed by atoms with Crippen LogP contribution >= 0.6 is 0 Å². The van der Waals surface area contributed by atoms with Crippen molar-refractivity contribution in [3.63, 3.8) is 0 Å². The third-order valence-corrected chi connectivity index (χ3v) is 5.04. The fourth-order valence-corrected chi connectivity index (χ4v) is 3.20. The van der Waals surface area contributed by atoms with Crippen molar-refractivity contribution in [1.29, 1.82) is 0 Å². The van der Waals surface area contributed by atoms with Crippen LogP contribution in [-0.2, 0) is 23.1 Å². The highest BCUT2D eigenvalue weighted by molar-refractivity contribution is 7.89. The number of aliphatic imine (C=N–C) groups is 1. The van der Waals surface area contributed by atoms with Gasteiger partial charge in [0.2, 0.25) is 10.0 Å². The summed E-state index contributed by atoms with van der Waals surface area (Å²) < 4.78 is 40.4. The molecule has 8 heteroatoms. The smallest absolute Gasteiger partial charge is 0.213 e. The number of rotatable bonds is 9. The van der Waals surface area contributed by atoms with Crippen LogP contribution in [0.25, 0.3) is 0 Å². The Kier molecular flexibility index (Phi) is 8.22. The highest BCUT2D eigenvalue weighted by atomic mass is 32.2. The lowest BCUT2D eigenvalue weighted by Gasteiger charge is -2.12. The van der Waals surface area contributed by atoms with Gasteiger partial charge in [-0.15, -0.1) is 0 Å². The highest BCUT2D eigenvalue weighted by Crippen LogP contribution is 2.07. The molecule has 2 rings (SSSR count). The molecule has 0 atom stereocenters. The summed E-state index contributed by atoms with van der Waals surface area (Å²) in [7, 11) is -3.42. The predicted molar refractivity (Wildman–Crippen MR) is 106 cm³/mol. The molecular weight excluding hydrogens is 367 g/mol. The molecule has 0 saturated heterocycles. The minimum Gasteiger partial charge on any atom is -0.357 e. The third-order valence-electron chi connectivity index (χ3n) is 3.71. The standard InChI is InChI=1S/C19H25FN4O2S/c1-2-21-19(23-15-17-10-6-7-11-18(17)20)22-12-13-27(25,26)24-14-16-8-4-3-5-9-16/h3-11,24H,2,12-15H2,1H3,(H2,21,22,23). The fraction of sp³-hybridized carbons (Fsp3) is 0.316. The molecule has 27 heavy (non-hydrogen) atoms. The summed E-state index contributed by atoms with van der Waals surface area (Å²) in [5, 5.41) is 5.98. The summed E-state index contributed by atoms with van der Waals surface area (Å²) >= 11 is 0. The molecule has 146 valence electrons. The van der Waals surface area contributed by atoms with Gasteiger partial charge in [0.05, 0.1) is 12.3 Å². The van der Waals surface area contributed by atoms with E-state index in [1.165, 1.54) is 6.07 Å². The number of guanidine groups is 1. The maximum atomic E-state index is 13.7. The van der Waals surface area contributed by atoms with Crippen LogP contribution in [0.5, 0.6) is 0 Å². The average Bonchev–Trinajstić information content (AvgIpc) is 2.66. The molecule has 0 amide bonds. The van der Waals surface area contributed by atoms with Crippen LogP contribution in [0.2, 0.25) is 0 Å². The van der Waals surface area contributed by atoms with E-state index >= 15 is 0 Å². The van der Waals surface area contributed by atoms with E-state index in [2.05, 4.69) is 20.3 Å². The van der Waals surface area contributed by atoms with Gasteiger partial charge in [-0.1, -0.05) is 48.5 Å². The van der Waals surface area contributed by atoms with Gasteiger partial charge in [-0.25, -0.2) is 22.5 Å². The molecule has 0 unspecified atom stereocenters. The van der Waals surface area contributed by atoms with E-state index in [1.807, 2.05) is 37.3 Å². The van der Waals surface area contributed by atoms with Gasteiger partial charge in [0.25, 0.3) is 0 Å². The second kappa shape index (κ2) is 10.6. The van der Waals surface area contributed by atoms with Gasteiger partial charge < -0.3 is 10.6 Å². The van der Waals surface area contributed by atoms with Crippen LogP contribution in [-0.4, -0.2) is 33.2 Å². The molecule has 0 heterocycles. The topological polar surface area (TPSA) is 82.6 Å². The van der Waals surface area contributed by atoms with Crippen molar-refractivity contribution >= 4 is 16.0 Å². The highest BCUT2D eigenvalue weighted by Gasteiger charge is 2.10. The van der Waals surface area contributed by atoms with Gasteiger partial charge in [-0.3, -0.25) is 0 Å². The van der Waals surface area contributed by atoms with Crippen molar-refractivity contribution in [2.75, 3.05) is 18.8 Å². The zero-order valence-corrected chi connectivity index (χ0v) is 16.1. The van der Waals surface area contributed by atoms with Crippen LogP contribution in [0.3, 0.4) is 0 Å². The van der Waals surface area contributed by atoms with Crippen molar-refractivity contribution in [3.05, 3.63) is 71.5 Å². The first-order valence-electron chi connectivity index (χ1n) is 8.77. The van der Waals surface area contributed by atoms with E-state index < -0.39 is 10.0 Å². The second-order valence-electron chi connectivity index (χ2n) is 5.84. The molecular formula is C19H25FN4O2S. The van der Waals surface area contributed by atoms with Crippen molar-refractivity contribution < 1.29 is 12.8 Å². The number of benzene rings is 2. The van der Waals surface area contributed by atoms with Crippen LogP contribution in [0.4, 0.5) is 4.39 Å². The van der Waals surface area contributed by atoms with Crippen molar-refractivity contribution in [1.82, 2.24) is 15.4 Å². The maximum absolute atomic E-state index is 13.7. The second-order valence-corrected chi connectivity index (χ2v) is 7.77. The Labute approximate surface area is 160 Å². The number of sulfonamides is 1. The minimum absolute atomic E-state index is 0.0933. The molecule has 3 N–H and O–H groups in total. The van der Waals surface area contributed by atoms with E-state index in [9.17, 15) is 12.8 Å². The van der Waals surface area contributed by atoms with Gasteiger partial charge in [-0.2, -0.15) is 0 Å². The molecule has 0 fully saturated rings. The quantitative estimate of drug-likeness (QED) is 0.450. The monoisotopic (exact) mass is 392 g/mol. The Hall–Kier alpha value is -2.45. The molecule has 0 bridgehead atoms. The number of hydrogen-bond acceptors (Lipinski definition) is 3. The van der Waals surface area contributed by atoms with E-state index in [1.54, 1.807) is 18.2 Å². The first kappa shape index (κ1) is 20.9. The van der Waals surface area contributed by atoms with E-state index in [0.29, 0.717) is 18.1 Å². The van der Waals surface area contributed by atoms with Crippen molar-refractivity contribution in [2.24, 2.45) is 4.99 Å². The number of nitrogens with zero attached hydrogens (tertiary/aromatic N) is 1. The normalized spacial score (nSPS) is 12.0. The van der Waals surface area contributed by atoms with Gasteiger partial charge in [0.1, 0.15) is 5.82 Å².